The summed E-state index contributed by atoms with van der Waals surface area (Å²) in [4.78, 5) is 5.55. The largest absolute Gasteiger partial charge is 0.357 e. The summed E-state index contributed by atoms with van der Waals surface area (Å²) in [7, 11) is -0.270. The molecule has 1 aliphatic rings. The van der Waals surface area contributed by atoms with Gasteiger partial charge in [-0.15, -0.1) is 35.3 Å². The monoisotopic (exact) mass is 514 g/mol. The summed E-state index contributed by atoms with van der Waals surface area (Å²) in [5, 5.41) is 6.73. The molecule has 0 unspecified atom stereocenters. The standard InChI is InChI=1S/C17H30N4O2S2.HI/c1-5-17(10-7-11-17)13-20-16(18-6-2)19-12-14-8-9-15(24-14)25(22,23)21(3)4;/h8-9H,5-7,10-13H2,1-4H3,(H2,18,19,20);1H. The average Bonchev–Trinajstić information content (AvgIpc) is 3.01. The van der Waals surface area contributed by atoms with E-state index in [0.717, 1.165) is 23.9 Å². The molecule has 2 N–H and O–H groups in total. The molecule has 0 radical (unpaired) electrons. The third-order valence-corrected chi connectivity index (χ3v) is 8.26. The maximum atomic E-state index is 12.1. The molecule has 0 aromatic carbocycles. The van der Waals surface area contributed by atoms with Crippen molar-refractivity contribution >= 4 is 51.3 Å². The third kappa shape index (κ3) is 5.80. The van der Waals surface area contributed by atoms with Crippen molar-refractivity contribution in [2.75, 3.05) is 27.2 Å². The van der Waals surface area contributed by atoms with Crippen molar-refractivity contribution in [3.8, 4) is 0 Å². The Morgan fingerprint density at radius 3 is 2.46 bits per heavy atom. The molecule has 6 nitrogen and oxygen atoms in total. The van der Waals surface area contributed by atoms with Crippen LogP contribution in [0.25, 0.3) is 0 Å². The van der Waals surface area contributed by atoms with Crippen molar-refractivity contribution in [2.24, 2.45) is 10.4 Å². The Hall–Kier alpha value is -0.390. The molecule has 0 atom stereocenters. The zero-order chi connectivity index (χ0) is 18.5. The van der Waals surface area contributed by atoms with Crippen LogP contribution in [0.15, 0.2) is 21.3 Å². The summed E-state index contributed by atoms with van der Waals surface area (Å²) in [5.74, 6) is 0.799. The van der Waals surface area contributed by atoms with Gasteiger partial charge >= 0.3 is 0 Å². The second-order valence-electron chi connectivity index (χ2n) is 6.76. The minimum Gasteiger partial charge on any atom is -0.357 e. The van der Waals surface area contributed by atoms with Gasteiger partial charge in [-0.2, -0.15) is 0 Å². The van der Waals surface area contributed by atoms with Gasteiger partial charge in [0, 0.05) is 32.1 Å². The first kappa shape index (κ1) is 23.6. The highest BCUT2D eigenvalue weighted by molar-refractivity contribution is 14.0. The van der Waals surface area contributed by atoms with E-state index in [1.165, 1.54) is 41.3 Å². The van der Waals surface area contributed by atoms with Crippen molar-refractivity contribution in [1.82, 2.24) is 14.9 Å². The lowest BCUT2D eigenvalue weighted by molar-refractivity contribution is 0.131. The first-order valence-electron chi connectivity index (χ1n) is 8.86. The minimum absolute atomic E-state index is 0. The number of sulfonamides is 1. The lowest BCUT2D eigenvalue weighted by atomic mass is 9.67. The van der Waals surface area contributed by atoms with E-state index in [4.69, 9.17) is 0 Å². The topological polar surface area (TPSA) is 73.8 Å². The summed E-state index contributed by atoms with van der Waals surface area (Å²) < 4.78 is 25.9. The summed E-state index contributed by atoms with van der Waals surface area (Å²) in [5.41, 5.74) is 0.423. The highest BCUT2D eigenvalue weighted by Crippen LogP contribution is 2.43. The molecule has 1 fully saturated rings. The summed E-state index contributed by atoms with van der Waals surface area (Å²) in [6.07, 6.45) is 5.08. The van der Waals surface area contributed by atoms with Gasteiger partial charge in [0.25, 0.3) is 10.0 Å². The molecule has 26 heavy (non-hydrogen) atoms. The van der Waals surface area contributed by atoms with E-state index < -0.39 is 10.0 Å². The predicted octanol–water partition coefficient (Wildman–Crippen LogP) is 3.25. The van der Waals surface area contributed by atoms with Gasteiger partial charge in [0.1, 0.15) is 4.21 Å². The molecule has 0 bridgehead atoms. The SMILES string of the molecule is CCNC(=NCc1ccc(S(=O)(=O)N(C)C)s1)NCC1(CC)CCC1.I. The summed E-state index contributed by atoms with van der Waals surface area (Å²) in [6.45, 7) is 6.52. The molecule has 9 heteroatoms. The van der Waals surface area contributed by atoms with Gasteiger partial charge in [-0.25, -0.2) is 17.7 Å². The number of aliphatic imine (C=N–C) groups is 1. The number of halogens is 1. The van der Waals surface area contributed by atoms with Crippen LogP contribution in [0.3, 0.4) is 0 Å². The van der Waals surface area contributed by atoms with Crippen molar-refractivity contribution in [3.63, 3.8) is 0 Å². The van der Waals surface area contributed by atoms with E-state index in [-0.39, 0.29) is 24.0 Å². The van der Waals surface area contributed by atoms with Crippen molar-refractivity contribution in [1.29, 1.82) is 0 Å². The first-order valence-corrected chi connectivity index (χ1v) is 11.1. The lowest BCUT2D eigenvalue weighted by Crippen LogP contribution is -2.46. The molecular formula is C17H31IN4O2S2. The molecule has 2 rings (SSSR count). The van der Waals surface area contributed by atoms with Gasteiger partial charge in [0.05, 0.1) is 6.54 Å². The predicted molar refractivity (Wildman–Crippen MR) is 120 cm³/mol. The van der Waals surface area contributed by atoms with Crippen LogP contribution in [0, 0.1) is 5.41 Å². The van der Waals surface area contributed by atoms with Gasteiger partial charge in [0.2, 0.25) is 0 Å². The van der Waals surface area contributed by atoms with E-state index in [9.17, 15) is 8.42 Å². The van der Waals surface area contributed by atoms with Crippen LogP contribution in [-0.4, -0.2) is 45.9 Å². The van der Waals surface area contributed by atoms with Crippen molar-refractivity contribution < 1.29 is 8.42 Å². The molecule has 150 valence electrons. The Morgan fingerprint density at radius 2 is 1.96 bits per heavy atom. The van der Waals surface area contributed by atoms with E-state index >= 15 is 0 Å². The fourth-order valence-corrected chi connectivity index (χ4v) is 5.31. The molecule has 1 saturated carbocycles. The van der Waals surface area contributed by atoms with E-state index in [2.05, 4.69) is 22.5 Å². The van der Waals surface area contributed by atoms with Crippen LogP contribution in [0.2, 0.25) is 0 Å². The quantitative estimate of drug-likeness (QED) is 0.318. The fourth-order valence-electron chi connectivity index (χ4n) is 2.86. The maximum Gasteiger partial charge on any atom is 0.252 e. The van der Waals surface area contributed by atoms with E-state index in [1.54, 1.807) is 20.2 Å². The Labute approximate surface area is 178 Å². The summed E-state index contributed by atoms with van der Waals surface area (Å²) >= 11 is 1.28. The highest BCUT2D eigenvalue weighted by atomic mass is 127. The molecule has 0 amide bonds. The number of nitrogens with one attached hydrogen (secondary N) is 2. The van der Waals surface area contributed by atoms with E-state index in [0.29, 0.717) is 16.2 Å². The van der Waals surface area contributed by atoms with Crippen LogP contribution in [0.1, 0.15) is 44.4 Å². The Bertz CT molecular complexity index is 692. The van der Waals surface area contributed by atoms with Crippen LogP contribution in [0.5, 0.6) is 0 Å². The first-order chi connectivity index (χ1) is 11.8. The highest BCUT2D eigenvalue weighted by Gasteiger charge is 2.34. The zero-order valence-electron chi connectivity index (χ0n) is 16.0. The average molecular weight is 514 g/mol. The van der Waals surface area contributed by atoms with Crippen LogP contribution < -0.4 is 10.6 Å². The number of thiophene rings is 1. The second-order valence-corrected chi connectivity index (χ2v) is 10.3. The fraction of sp³-hybridized carbons (Fsp3) is 0.706. The molecule has 0 spiro atoms. The summed E-state index contributed by atoms with van der Waals surface area (Å²) in [6, 6.07) is 3.50. The van der Waals surface area contributed by atoms with Crippen LogP contribution >= 0.6 is 35.3 Å². The second kappa shape index (κ2) is 10.2. The van der Waals surface area contributed by atoms with Gasteiger partial charge in [-0.1, -0.05) is 13.3 Å². The van der Waals surface area contributed by atoms with Crippen molar-refractivity contribution in [3.05, 3.63) is 17.0 Å². The van der Waals surface area contributed by atoms with Crippen molar-refractivity contribution in [2.45, 2.75) is 50.3 Å². The molecule has 0 aliphatic heterocycles. The smallest absolute Gasteiger partial charge is 0.252 e. The van der Waals surface area contributed by atoms with Gasteiger partial charge in [-0.3, -0.25) is 0 Å². The molecule has 1 aromatic rings. The Balaban J connectivity index is 0.00000338. The van der Waals surface area contributed by atoms with E-state index in [1.807, 2.05) is 13.0 Å². The molecule has 1 heterocycles. The number of guanidine groups is 1. The van der Waals surface area contributed by atoms with Gasteiger partial charge in [0.15, 0.2) is 5.96 Å². The lowest BCUT2D eigenvalue weighted by Gasteiger charge is -2.41. The Kier molecular flexibility index (Phi) is 9.31. The third-order valence-electron chi connectivity index (χ3n) is 4.90. The van der Waals surface area contributed by atoms with Crippen LogP contribution in [0.4, 0.5) is 0 Å². The molecule has 0 saturated heterocycles. The molecule has 1 aliphatic carbocycles. The molecule has 1 aromatic heterocycles. The zero-order valence-corrected chi connectivity index (χ0v) is 20.0. The number of rotatable bonds is 8. The number of hydrogen-bond donors (Lipinski definition) is 2. The van der Waals surface area contributed by atoms with Gasteiger partial charge < -0.3 is 10.6 Å². The Morgan fingerprint density at radius 1 is 1.27 bits per heavy atom. The van der Waals surface area contributed by atoms with Crippen LogP contribution in [-0.2, 0) is 16.6 Å². The normalized spacial score (nSPS) is 16.7. The van der Waals surface area contributed by atoms with Gasteiger partial charge in [-0.05, 0) is 43.7 Å². The molecular weight excluding hydrogens is 483 g/mol. The number of hydrogen-bond acceptors (Lipinski definition) is 4. The minimum atomic E-state index is -3.36. The number of nitrogens with zero attached hydrogens (tertiary/aromatic N) is 2. The maximum absolute atomic E-state index is 12.1.